The van der Waals surface area contributed by atoms with Gasteiger partial charge in [0, 0.05) is 18.5 Å². The minimum absolute atomic E-state index is 0.0493. The Morgan fingerprint density at radius 2 is 2.11 bits per heavy atom. The molecule has 1 aromatic rings. The molecule has 0 aliphatic carbocycles. The van der Waals surface area contributed by atoms with Gasteiger partial charge in [-0.2, -0.15) is 0 Å². The lowest BCUT2D eigenvalue weighted by Gasteiger charge is -2.16. The van der Waals surface area contributed by atoms with Gasteiger partial charge in [-0.15, -0.1) is 11.6 Å². The maximum atomic E-state index is 11.6. The van der Waals surface area contributed by atoms with Crippen molar-refractivity contribution in [3.63, 3.8) is 0 Å². The van der Waals surface area contributed by atoms with Gasteiger partial charge < -0.3 is 10.1 Å². The normalized spacial score (nSPS) is 12.1. The highest BCUT2D eigenvalue weighted by molar-refractivity contribution is 6.18. The van der Waals surface area contributed by atoms with Gasteiger partial charge in [-0.1, -0.05) is 37.3 Å². The van der Waals surface area contributed by atoms with Crippen LogP contribution in [0.4, 0.5) is 0 Å². The van der Waals surface area contributed by atoms with Crippen LogP contribution in [0, 0.1) is 0 Å². The standard InChI is InChI=1S/C14H20ClNO2/c1-2-8-18-11-14(17)16-13(10-15)9-12-6-4-3-5-7-12/h3-7,13H,2,8-11H2,1H3,(H,16,17). The Kier molecular flexibility index (Phi) is 7.46. The molecular weight excluding hydrogens is 250 g/mol. The van der Waals surface area contributed by atoms with Crippen LogP contribution in [0.5, 0.6) is 0 Å². The third kappa shape index (κ3) is 6.03. The van der Waals surface area contributed by atoms with E-state index in [-0.39, 0.29) is 18.6 Å². The predicted molar refractivity (Wildman–Crippen MR) is 73.9 cm³/mol. The Bertz CT molecular complexity index is 343. The molecule has 1 rings (SSSR count). The Balaban J connectivity index is 2.35. The van der Waals surface area contributed by atoms with E-state index in [9.17, 15) is 4.79 Å². The molecule has 0 aliphatic heterocycles. The lowest BCUT2D eigenvalue weighted by atomic mass is 10.1. The lowest BCUT2D eigenvalue weighted by Crippen LogP contribution is -2.39. The minimum atomic E-state index is -0.106. The third-order valence-electron chi connectivity index (χ3n) is 2.46. The fourth-order valence-corrected chi connectivity index (χ4v) is 1.81. The fourth-order valence-electron chi connectivity index (χ4n) is 1.62. The Morgan fingerprint density at radius 1 is 1.39 bits per heavy atom. The molecule has 0 radical (unpaired) electrons. The van der Waals surface area contributed by atoms with Gasteiger partial charge in [-0.25, -0.2) is 0 Å². The van der Waals surface area contributed by atoms with Crippen LogP contribution < -0.4 is 5.32 Å². The summed E-state index contributed by atoms with van der Waals surface area (Å²) in [5, 5.41) is 2.88. The monoisotopic (exact) mass is 269 g/mol. The first kappa shape index (κ1) is 15.0. The molecule has 1 atom stereocenters. The summed E-state index contributed by atoms with van der Waals surface area (Å²) in [5.74, 6) is 0.291. The molecule has 100 valence electrons. The number of amides is 1. The van der Waals surface area contributed by atoms with Crippen LogP contribution in [-0.2, 0) is 16.0 Å². The van der Waals surface area contributed by atoms with Crippen molar-refractivity contribution in [2.24, 2.45) is 0 Å². The molecule has 0 aromatic heterocycles. The van der Waals surface area contributed by atoms with Crippen LogP contribution in [0.15, 0.2) is 30.3 Å². The Labute approximate surface area is 113 Å². The molecule has 0 bridgehead atoms. The topological polar surface area (TPSA) is 38.3 Å². The van der Waals surface area contributed by atoms with E-state index in [2.05, 4.69) is 5.32 Å². The number of rotatable bonds is 8. The quantitative estimate of drug-likeness (QED) is 0.581. The molecule has 1 unspecified atom stereocenters. The van der Waals surface area contributed by atoms with Gasteiger partial charge in [0.2, 0.25) is 5.91 Å². The van der Waals surface area contributed by atoms with Crippen molar-refractivity contribution < 1.29 is 9.53 Å². The van der Waals surface area contributed by atoms with Crippen molar-refractivity contribution in [3.05, 3.63) is 35.9 Å². The highest BCUT2D eigenvalue weighted by atomic mass is 35.5. The number of alkyl halides is 1. The number of nitrogens with one attached hydrogen (secondary N) is 1. The number of hydrogen-bond donors (Lipinski definition) is 1. The number of carbonyl (C=O) groups is 1. The summed E-state index contributed by atoms with van der Waals surface area (Å²) in [6.07, 6.45) is 1.65. The number of benzene rings is 1. The molecule has 0 aliphatic rings. The smallest absolute Gasteiger partial charge is 0.246 e. The van der Waals surface area contributed by atoms with Crippen LogP contribution in [0.1, 0.15) is 18.9 Å². The van der Waals surface area contributed by atoms with Crippen LogP contribution >= 0.6 is 11.6 Å². The highest BCUT2D eigenvalue weighted by Gasteiger charge is 2.11. The maximum absolute atomic E-state index is 11.6. The van der Waals surface area contributed by atoms with E-state index in [1.54, 1.807) is 0 Å². The van der Waals surface area contributed by atoms with Crippen LogP contribution in [0.2, 0.25) is 0 Å². The summed E-state index contributed by atoms with van der Waals surface area (Å²) in [7, 11) is 0. The molecular formula is C14H20ClNO2. The van der Waals surface area contributed by atoms with Crippen molar-refractivity contribution in [1.82, 2.24) is 5.32 Å². The number of hydrogen-bond acceptors (Lipinski definition) is 2. The van der Waals surface area contributed by atoms with Crippen molar-refractivity contribution in [1.29, 1.82) is 0 Å². The van der Waals surface area contributed by atoms with Gasteiger partial charge >= 0.3 is 0 Å². The molecule has 1 N–H and O–H groups in total. The van der Waals surface area contributed by atoms with E-state index >= 15 is 0 Å². The SMILES string of the molecule is CCCOCC(=O)NC(CCl)Cc1ccccc1. The Morgan fingerprint density at radius 3 is 2.72 bits per heavy atom. The zero-order chi connectivity index (χ0) is 13.2. The molecule has 1 amide bonds. The van der Waals surface area contributed by atoms with E-state index < -0.39 is 0 Å². The average molecular weight is 270 g/mol. The van der Waals surface area contributed by atoms with E-state index in [0.29, 0.717) is 12.5 Å². The summed E-state index contributed by atoms with van der Waals surface area (Å²) >= 11 is 5.87. The van der Waals surface area contributed by atoms with Crippen molar-refractivity contribution in [2.45, 2.75) is 25.8 Å². The zero-order valence-corrected chi connectivity index (χ0v) is 11.5. The predicted octanol–water partition coefficient (Wildman–Crippen LogP) is 2.38. The second kappa shape index (κ2) is 8.95. The second-order valence-electron chi connectivity index (χ2n) is 4.16. The summed E-state index contributed by atoms with van der Waals surface area (Å²) < 4.78 is 5.19. The van der Waals surface area contributed by atoms with Gasteiger partial charge in [0.05, 0.1) is 0 Å². The first-order valence-electron chi connectivity index (χ1n) is 6.23. The van der Waals surface area contributed by atoms with E-state index in [1.165, 1.54) is 0 Å². The Hall–Kier alpha value is -1.06. The van der Waals surface area contributed by atoms with Gasteiger partial charge in [-0.05, 0) is 18.4 Å². The van der Waals surface area contributed by atoms with Crippen molar-refractivity contribution in [2.75, 3.05) is 19.1 Å². The second-order valence-corrected chi connectivity index (χ2v) is 4.47. The number of carbonyl (C=O) groups excluding carboxylic acids is 1. The van der Waals surface area contributed by atoms with E-state index in [0.717, 1.165) is 18.4 Å². The first-order chi connectivity index (χ1) is 8.76. The van der Waals surface area contributed by atoms with E-state index in [4.69, 9.17) is 16.3 Å². The lowest BCUT2D eigenvalue weighted by molar-refractivity contribution is -0.126. The molecule has 18 heavy (non-hydrogen) atoms. The number of halogens is 1. The largest absolute Gasteiger partial charge is 0.372 e. The third-order valence-corrected chi connectivity index (χ3v) is 2.83. The molecule has 0 spiro atoms. The van der Waals surface area contributed by atoms with Crippen molar-refractivity contribution >= 4 is 17.5 Å². The molecule has 0 fully saturated rings. The average Bonchev–Trinajstić information content (AvgIpc) is 2.39. The minimum Gasteiger partial charge on any atom is -0.372 e. The van der Waals surface area contributed by atoms with Crippen LogP contribution in [0.3, 0.4) is 0 Å². The summed E-state index contributed by atoms with van der Waals surface area (Å²) in [5.41, 5.74) is 1.16. The molecule has 3 nitrogen and oxygen atoms in total. The molecule has 0 saturated carbocycles. The van der Waals surface area contributed by atoms with Gasteiger partial charge in [-0.3, -0.25) is 4.79 Å². The number of ether oxygens (including phenoxy) is 1. The maximum Gasteiger partial charge on any atom is 0.246 e. The van der Waals surface area contributed by atoms with Crippen LogP contribution in [0.25, 0.3) is 0 Å². The van der Waals surface area contributed by atoms with Gasteiger partial charge in [0.25, 0.3) is 0 Å². The molecule has 0 heterocycles. The first-order valence-corrected chi connectivity index (χ1v) is 6.76. The fraction of sp³-hybridized carbons (Fsp3) is 0.500. The van der Waals surface area contributed by atoms with Crippen molar-refractivity contribution in [3.8, 4) is 0 Å². The molecule has 0 saturated heterocycles. The summed E-state index contributed by atoms with van der Waals surface area (Å²) in [6.45, 7) is 2.72. The van der Waals surface area contributed by atoms with Gasteiger partial charge in [0.1, 0.15) is 6.61 Å². The molecule has 1 aromatic carbocycles. The van der Waals surface area contributed by atoms with Crippen LogP contribution in [-0.4, -0.2) is 31.0 Å². The highest BCUT2D eigenvalue weighted by Crippen LogP contribution is 2.04. The van der Waals surface area contributed by atoms with Gasteiger partial charge in [0.15, 0.2) is 0 Å². The summed E-state index contributed by atoms with van der Waals surface area (Å²) in [6, 6.07) is 9.93. The van der Waals surface area contributed by atoms with E-state index in [1.807, 2.05) is 37.3 Å². The zero-order valence-electron chi connectivity index (χ0n) is 10.7. The summed E-state index contributed by atoms with van der Waals surface area (Å²) in [4.78, 5) is 11.6. The molecule has 4 heteroatoms.